The number of carbonyl (C=O) groups is 2. The number of aromatic nitrogens is 2. The molecule has 1 aromatic heterocycles. The minimum atomic E-state index is -1.07. The number of amides is 1. The molecular weight excluding hydrogens is 262 g/mol. The lowest BCUT2D eigenvalue weighted by Crippen LogP contribution is -2.38. The normalized spacial score (nSPS) is 11.7. The van der Waals surface area contributed by atoms with Crippen LogP contribution in [0.15, 0.2) is 23.0 Å². The van der Waals surface area contributed by atoms with Gasteiger partial charge in [0.05, 0.1) is 22.1 Å². The number of benzene rings is 1. The standard InChI is InChI=1S/C13H15N3O4/c1-13(2,6-10(14)17)16-9-4-3-7(11(18)19)5-8(9)15-12(16)20/h3-5H,6H2,1-2H3,(H2,14,17)(H,15,20)(H,18,19). The van der Waals surface area contributed by atoms with Gasteiger partial charge in [-0.25, -0.2) is 9.59 Å². The maximum absolute atomic E-state index is 12.1. The Morgan fingerprint density at radius 3 is 2.60 bits per heavy atom. The van der Waals surface area contributed by atoms with E-state index in [-0.39, 0.29) is 12.0 Å². The van der Waals surface area contributed by atoms with Gasteiger partial charge in [-0.15, -0.1) is 0 Å². The summed E-state index contributed by atoms with van der Waals surface area (Å²) in [6.07, 6.45) is 0.000538. The summed E-state index contributed by atoms with van der Waals surface area (Å²) in [4.78, 5) is 36.7. The molecule has 1 aromatic carbocycles. The van der Waals surface area contributed by atoms with Gasteiger partial charge in [0.1, 0.15) is 0 Å². The Balaban J connectivity index is 2.66. The molecule has 1 amide bonds. The van der Waals surface area contributed by atoms with Crippen LogP contribution in [0.25, 0.3) is 11.0 Å². The maximum Gasteiger partial charge on any atom is 0.335 e. The summed E-state index contributed by atoms with van der Waals surface area (Å²) >= 11 is 0. The molecule has 0 aliphatic carbocycles. The van der Waals surface area contributed by atoms with Crippen molar-refractivity contribution in [2.24, 2.45) is 5.73 Å². The minimum Gasteiger partial charge on any atom is -0.478 e. The van der Waals surface area contributed by atoms with Crippen molar-refractivity contribution in [3.8, 4) is 0 Å². The summed E-state index contributed by atoms with van der Waals surface area (Å²) in [5.41, 5.74) is 5.02. The summed E-state index contributed by atoms with van der Waals surface area (Å²) < 4.78 is 1.42. The second-order valence-corrected chi connectivity index (χ2v) is 5.26. The second-order valence-electron chi connectivity index (χ2n) is 5.26. The average Bonchev–Trinajstić information content (AvgIpc) is 2.62. The van der Waals surface area contributed by atoms with Crippen LogP contribution in [0.3, 0.4) is 0 Å². The van der Waals surface area contributed by atoms with Crippen molar-refractivity contribution in [2.75, 3.05) is 0 Å². The first-order valence-electron chi connectivity index (χ1n) is 5.99. The number of primary amides is 1. The van der Waals surface area contributed by atoms with Crippen LogP contribution in [-0.4, -0.2) is 26.5 Å². The van der Waals surface area contributed by atoms with Gasteiger partial charge in [-0.05, 0) is 32.0 Å². The van der Waals surface area contributed by atoms with Gasteiger partial charge >= 0.3 is 11.7 Å². The summed E-state index contributed by atoms with van der Waals surface area (Å²) in [5, 5.41) is 8.94. The highest BCUT2D eigenvalue weighted by Crippen LogP contribution is 2.23. The third-order valence-corrected chi connectivity index (χ3v) is 3.14. The van der Waals surface area contributed by atoms with Gasteiger partial charge in [-0.1, -0.05) is 0 Å². The van der Waals surface area contributed by atoms with Gasteiger partial charge in [-0.3, -0.25) is 9.36 Å². The summed E-state index contributed by atoms with van der Waals surface area (Å²) in [6.45, 7) is 3.44. The first-order chi connectivity index (χ1) is 9.22. The topological polar surface area (TPSA) is 118 Å². The fraction of sp³-hybridized carbons (Fsp3) is 0.308. The molecule has 0 aliphatic heterocycles. The molecule has 0 saturated carbocycles. The number of hydrogen-bond donors (Lipinski definition) is 3. The molecule has 0 atom stereocenters. The number of nitrogens with one attached hydrogen (secondary N) is 1. The summed E-state index contributed by atoms with van der Waals surface area (Å²) in [5.74, 6) is -1.59. The van der Waals surface area contributed by atoms with E-state index in [0.29, 0.717) is 11.0 Å². The Bertz CT molecular complexity index is 755. The lowest BCUT2D eigenvalue weighted by Gasteiger charge is -2.25. The number of H-pyrrole nitrogens is 1. The maximum atomic E-state index is 12.1. The Hall–Kier alpha value is -2.57. The van der Waals surface area contributed by atoms with Crippen molar-refractivity contribution in [1.29, 1.82) is 0 Å². The Morgan fingerprint density at radius 1 is 1.40 bits per heavy atom. The number of carbonyl (C=O) groups excluding carboxylic acids is 1. The average molecular weight is 277 g/mol. The lowest BCUT2D eigenvalue weighted by atomic mass is 9.99. The molecule has 7 nitrogen and oxygen atoms in total. The molecule has 0 aliphatic rings. The molecule has 106 valence electrons. The van der Waals surface area contributed by atoms with E-state index in [0.717, 1.165) is 0 Å². The quantitative estimate of drug-likeness (QED) is 0.759. The molecule has 0 bridgehead atoms. The van der Waals surface area contributed by atoms with E-state index in [1.54, 1.807) is 19.9 Å². The van der Waals surface area contributed by atoms with E-state index < -0.39 is 23.1 Å². The van der Waals surface area contributed by atoms with Crippen LogP contribution < -0.4 is 11.4 Å². The van der Waals surface area contributed by atoms with Crippen molar-refractivity contribution in [1.82, 2.24) is 9.55 Å². The van der Waals surface area contributed by atoms with Crippen LogP contribution in [-0.2, 0) is 10.3 Å². The van der Waals surface area contributed by atoms with Crippen LogP contribution >= 0.6 is 0 Å². The number of aromatic amines is 1. The van der Waals surface area contributed by atoms with E-state index in [1.165, 1.54) is 16.7 Å². The molecule has 0 unspecified atom stereocenters. The molecule has 20 heavy (non-hydrogen) atoms. The highest BCUT2D eigenvalue weighted by Gasteiger charge is 2.27. The largest absolute Gasteiger partial charge is 0.478 e. The smallest absolute Gasteiger partial charge is 0.335 e. The number of imidazole rings is 1. The number of carboxylic acids is 1. The fourth-order valence-electron chi connectivity index (χ4n) is 2.35. The number of rotatable bonds is 4. The van der Waals surface area contributed by atoms with Crippen molar-refractivity contribution >= 4 is 22.9 Å². The van der Waals surface area contributed by atoms with E-state index in [4.69, 9.17) is 10.8 Å². The molecule has 1 heterocycles. The molecule has 2 aromatic rings. The summed E-state index contributed by atoms with van der Waals surface area (Å²) in [6, 6.07) is 4.34. The van der Waals surface area contributed by atoms with Crippen molar-refractivity contribution in [3.05, 3.63) is 34.2 Å². The zero-order valence-electron chi connectivity index (χ0n) is 11.1. The number of aromatic carboxylic acids is 1. The van der Waals surface area contributed by atoms with Crippen molar-refractivity contribution in [2.45, 2.75) is 25.8 Å². The Kier molecular flexibility index (Phi) is 3.13. The first-order valence-corrected chi connectivity index (χ1v) is 5.99. The number of nitrogens with two attached hydrogens (primary N) is 1. The molecule has 0 radical (unpaired) electrons. The van der Waals surface area contributed by atoms with Gasteiger partial charge in [0, 0.05) is 6.42 Å². The van der Waals surface area contributed by atoms with Crippen LogP contribution in [0.2, 0.25) is 0 Å². The van der Waals surface area contributed by atoms with Gasteiger partial charge in [0.2, 0.25) is 5.91 Å². The van der Waals surface area contributed by atoms with Gasteiger partial charge < -0.3 is 15.8 Å². The number of hydrogen-bond acceptors (Lipinski definition) is 3. The predicted molar refractivity (Wildman–Crippen MR) is 72.7 cm³/mol. The van der Waals surface area contributed by atoms with Gasteiger partial charge in [0.15, 0.2) is 0 Å². The number of nitrogens with zero attached hydrogens (tertiary/aromatic N) is 1. The lowest BCUT2D eigenvalue weighted by molar-refractivity contribution is -0.119. The van der Waals surface area contributed by atoms with E-state index in [2.05, 4.69) is 4.98 Å². The molecule has 0 spiro atoms. The highest BCUT2D eigenvalue weighted by atomic mass is 16.4. The van der Waals surface area contributed by atoms with Crippen molar-refractivity contribution < 1.29 is 14.7 Å². The minimum absolute atomic E-state index is 0.000538. The van der Waals surface area contributed by atoms with E-state index >= 15 is 0 Å². The van der Waals surface area contributed by atoms with Crippen LogP contribution in [0.1, 0.15) is 30.6 Å². The zero-order valence-corrected chi connectivity index (χ0v) is 11.1. The Labute approximate surface area is 114 Å². The van der Waals surface area contributed by atoms with Gasteiger partial charge in [-0.2, -0.15) is 0 Å². The zero-order chi connectivity index (χ0) is 15.1. The SMILES string of the molecule is CC(C)(CC(N)=O)n1c(=O)[nH]c2cc(C(=O)O)ccc21. The van der Waals surface area contributed by atoms with Crippen LogP contribution in [0.4, 0.5) is 0 Å². The first kappa shape index (κ1) is 13.9. The number of carboxylic acid groups (broad SMARTS) is 1. The predicted octanol–water partition coefficient (Wildman–Crippen LogP) is 0.638. The molecule has 7 heteroatoms. The van der Waals surface area contributed by atoms with Crippen molar-refractivity contribution in [3.63, 3.8) is 0 Å². The third-order valence-electron chi connectivity index (χ3n) is 3.14. The molecule has 0 saturated heterocycles. The fourth-order valence-corrected chi connectivity index (χ4v) is 2.35. The molecule has 0 fully saturated rings. The summed E-state index contributed by atoms with van der Waals surface area (Å²) in [7, 11) is 0. The second kappa shape index (κ2) is 4.52. The van der Waals surface area contributed by atoms with E-state index in [9.17, 15) is 14.4 Å². The number of fused-ring (bicyclic) bond motifs is 1. The molecular formula is C13H15N3O4. The van der Waals surface area contributed by atoms with Crippen LogP contribution in [0, 0.1) is 0 Å². The molecule has 2 rings (SSSR count). The van der Waals surface area contributed by atoms with E-state index in [1.807, 2.05) is 0 Å². The molecule has 4 N–H and O–H groups in total. The monoisotopic (exact) mass is 277 g/mol. The third kappa shape index (κ3) is 2.29. The van der Waals surface area contributed by atoms with Gasteiger partial charge in [0.25, 0.3) is 0 Å². The Morgan fingerprint density at radius 2 is 2.05 bits per heavy atom. The van der Waals surface area contributed by atoms with Crippen LogP contribution in [0.5, 0.6) is 0 Å². The highest BCUT2D eigenvalue weighted by molar-refractivity contribution is 5.92.